The second-order valence-electron chi connectivity index (χ2n) is 4.93. The Morgan fingerprint density at radius 3 is 2.12 bits per heavy atom. The first-order valence-corrected chi connectivity index (χ1v) is 5.79. The Hall–Kier alpha value is -1.35. The first-order chi connectivity index (χ1) is 7.80. The molecular weight excluding hydrogens is 214 g/mol. The molecule has 0 aliphatic carbocycles. The van der Waals surface area contributed by atoms with E-state index in [0.29, 0.717) is 0 Å². The van der Waals surface area contributed by atoms with E-state index in [-0.39, 0.29) is 6.42 Å². The third-order valence-corrected chi connectivity index (χ3v) is 3.29. The maximum absolute atomic E-state index is 11.0. The summed E-state index contributed by atoms with van der Waals surface area (Å²) in [6, 6.07) is 4.19. The molecule has 0 bridgehead atoms. The predicted octanol–water partition coefficient (Wildman–Crippen LogP) is 2.52. The van der Waals surface area contributed by atoms with Gasteiger partial charge in [0.15, 0.2) is 0 Å². The Labute approximate surface area is 103 Å². The summed E-state index contributed by atoms with van der Waals surface area (Å²) in [5.74, 6) is -0.791. The zero-order valence-corrected chi connectivity index (χ0v) is 11.2. The number of hydrogen-bond acceptors (Lipinski definition) is 2. The van der Waals surface area contributed by atoms with Gasteiger partial charge in [0.2, 0.25) is 0 Å². The van der Waals surface area contributed by atoms with Crippen LogP contribution in [0, 0.1) is 20.8 Å². The van der Waals surface area contributed by atoms with Crippen molar-refractivity contribution in [2.75, 3.05) is 7.05 Å². The van der Waals surface area contributed by atoms with Gasteiger partial charge in [-0.2, -0.15) is 0 Å². The van der Waals surface area contributed by atoms with Crippen molar-refractivity contribution in [1.82, 2.24) is 5.32 Å². The predicted molar refractivity (Wildman–Crippen MR) is 69.3 cm³/mol. The Morgan fingerprint density at radius 1 is 1.29 bits per heavy atom. The van der Waals surface area contributed by atoms with Gasteiger partial charge in [-0.25, -0.2) is 0 Å². The lowest BCUT2D eigenvalue weighted by molar-refractivity contribution is -0.138. The van der Waals surface area contributed by atoms with Gasteiger partial charge >= 0.3 is 5.97 Å². The minimum Gasteiger partial charge on any atom is -0.481 e. The van der Waals surface area contributed by atoms with Crippen molar-refractivity contribution in [1.29, 1.82) is 0 Å². The van der Waals surface area contributed by atoms with Crippen molar-refractivity contribution in [3.63, 3.8) is 0 Å². The smallest absolute Gasteiger partial charge is 0.305 e. The average Bonchev–Trinajstić information content (AvgIpc) is 2.14. The Kier molecular flexibility index (Phi) is 3.94. The summed E-state index contributed by atoms with van der Waals surface area (Å²) in [5, 5.41) is 12.2. The molecule has 1 aromatic rings. The van der Waals surface area contributed by atoms with Crippen LogP contribution in [0.1, 0.15) is 35.6 Å². The van der Waals surface area contributed by atoms with Gasteiger partial charge in [-0.15, -0.1) is 0 Å². The molecule has 0 spiro atoms. The third-order valence-electron chi connectivity index (χ3n) is 3.29. The number of carbonyl (C=O) groups is 1. The molecule has 0 amide bonds. The second-order valence-corrected chi connectivity index (χ2v) is 4.93. The number of hydrogen-bond donors (Lipinski definition) is 2. The van der Waals surface area contributed by atoms with Gasteiger partial charge in [-0.1, -0.05) is 17.7 Å². The normalized spacial score (nSPS) is 14.4. The minimum absolute atomic E-state index is 0.0776. The molecule has 0 fully saturated rings. The fourth-order valence-corrected chi connectivity index (χ4v) is 2.65. The van der Waals surface area contributed by atoms with E-state index >= 15 is 0 Å². The second kappa shape index (κ2) is 4.88. The van der Waals surface area contributed by atoms with Gasteiger partial charge in [-0.3, -0.25) is 4.79 Å². The summed E-state index contributed by atoms with van der Waals surface area (Å²) < 4.78 is 0. The highest BCUT2D eigenvalue weighted by molar-refractivity contribution is 5.69. The lowest BCUT2D eigenvalue weighted by atomic mass is 9.82. The summed E-state index contributed by atoms with van der Waals surface area (Å²) in [6.07, 6.45) is 0.0776. The van der Waals surface area contributed by atoms with Gasteiger partial charge in [-0.05, 0) is 51.4 Å². The van der Waals surface area contributed by atoms with E-state index in [2.05, 4.69) is 24.4 Å². The summed E-state index contributed by atoms with van der Waals surface area (Å²) in [4.78, 5) is 11.0. The third kappa shape index (κ3) is 2.86. The molecule has 1 aromatic carbocycles. The molecule has 1 unspecified atom stereocenters. The highest BCUT2D eigenvalue weighted by Crippen LogP contribution is 2.31. The molecule has 3 heteroatoms. The van der Waals surface area contributed by atoms with Crippen LogP contribution in [0.15, 0.2) is 12.1 Å². The summed E-state index contributed by atoms with van der Waals surface area (Å²) >= 11 is 0. The zero-order valence-electron chi connectivity index (χ0n) is 11.2. The SMILES string of the molecule is CNC(C)(CC(=O)O)c1c(C)cc(C)cc1C. The topological polar surface area (TPSA) is 49.3 Å². The molecule has 1 atom stereocenters. The van der Waals surface area contributed by atoms with Gasteiger partial charge in [0, 0.05) is 0 Å². The van der Waals surface area contributed by atoms with Crippen LogP contribution in [-0.4, -0.2) is 18.1 Å². The number of carboxylic acid groups (broad SMARTS) is 1. The lowest BCUT2D eigenvalue weighted by Crippen LogP contribution is -2.40. The molecular formula is C14H21NO2. The number of aliphatic carboxylic acids is 1. The van der Waals surface area contributed by atoms with Gasteiger partial charge < -0.3 is 10.4 Å². The van der Waals surface area contributed by atoms with Gasteiger partial charge in [0.25, 0.3) is 0 Å². The Morgan fingerprint density at radius 2 is 1.76 bits per heavy atom. The van der Waals surface area contributed by atoms with Crippen LogP contribution in [0.3, 0.4) is 0 Å². The van der Waals surface area contributed by atoms with Crippen LogP contribution in [-0.2, 0) is 10.3 Å². The summed E-state index contributed by atoms with van der Waals surface area (Å²) in [5.41, 5.74) is 4.06. The van der Waals surface area contributed by atoms with E-state index in [4.69, 9.17) is 5.11 Å². The van der Waals surface area contributed by atoms with Crippen molar-refractivity contribution in [3.05, 3.63) is 34.4 Å². The maximum atomic E-state index is 11.0. The molecule has 94 valence electrons. The number of rotatable bonds is 4. The van der Waals surface area contributed by atoms with Crippen LogP contribution in [0.4, 0.5) is 0 Å². The molecule has 0 aromatic heterocycles. The van der Waals surface area contributed by atoms with Crippen molar-refractivity contribution in [2.24, 2.45) is 0 Å². The van der Waals surface area contributed by atoms with Crippen molar-refractivity contribution < 1.29 is 9.90 Å². The Balaban J connectivity index is 3.34. The van der Waals surface area contributed by atoms with Crippen LogP contribution >= 0.6 is 0 Å². The molecule has 17 heavy (non-hydrogen) atoms. The van der Waals surface area contributed by atoms with Crippen LogP contribution in [0.5, 0.6) is 0 Å². The van der Waals surface area contributed by atoms with Gasteiger partial charge in [0.05, 0.1) is 12.0 Å². The molecule has 0 radical (unpaired) electrons. The van der Waals surface area contributed by atoms with E-state index in [1.165, 1.54) is 5.56 Å². The molecule has 0 aliphatic heterocycles. The number of carboxylic acids is 1. The van der Waals surface area contributed by atoms with E-state index in [0.717, 1.165) is 16.7 Å². The lowest BCUT2D eigenvalue weighted by Gasteiger charge is -2.31. The van der Waals surface area contributed by atoms with Crippen molar-refractivity contribution in [2.45, 2.75) is 39.7 Å². The van der Waals surface area contributed by atoms with Crippen LogP contribution in [0.25, 0.3) is 0 Å². The minimum atomic E-state index is -0.791. The van der Waals surface area contributed by atoms with E-state index in [1.807, 2.05) is 27.8 Å². The molecule has 2 N–H and O–H groups in total. The fourth-order valence-electron chi connectivity index (χ4n) is 2.65. The highest BCUT2D eigenvalue weighted by atomic mass is 16.4. The maximum Gasteiger partial charge on any atom is 0.305 e. The molecule has 1 rings (SSSR count). The average molecular weight is 235 g/mol. The first-order valence-electron chi connectivity index (χ1n) is 5.79. The largest absolute Gasteiger partial charge is 0.481 e. The number of nitrogens with one attached hydrogen (secondary N) is 1. The van der Waals surface area contributed by atoms with Crippen molar-refractivity contribution >= 4 is 5.97 Å². The number of aryl methyl sites for hydroxylation is 3. The standard InChI is InChI=1S/C14H21NO2/c1-9-6-10(2)13(11(3)7-9)14(4,15-5)8-12(16)17/h6-7,15H,8H2,1-5H3,(H,16,17). The summed E-state index contributed by atoms with van der Waals surface area (Å²) in [7, 11) is 1.81. The van der Waals surface area contributed by atoms with E-state index < -0.39 is 11.5 Å². The van der Waals surface area contributed by atoms with Gasteiger partial charge in [0.1, 0.15) is 0 Å². The quantitative estimate of drug-likeness (QED) is 0.843. The van der Waals surface area contributed by atoms with Crippen LogP contribution < -0.4 is 5.32 Å². The number of benzene rings is 1. The molecule has 3 nitrogen and oxygen atoms in total. The Bertz CT molecular complexity index is 417. The molecule has 0 heterocycles. The van der Waals surface area contributed by atoms with Crippen LogP contribution in [0.2, 0.25) is 0 Å². The highest BCUT2D eigenvalue weighted by Gasteiger charge is 2.30. The van der Waals surface area contributed by atoms with E-state index in [9.17, 15) is 4.79 Å². The zero-order chi connectivity index (χ0) is 13.2. The molecule has 0 aliphatic rings. The monoisotopic (exact) mass is 235 g/mol. The molecule has 0 saturated carbocycles. The molecule has 0 saturated heterocycles. The van der Waals surface area contributed by atoms with Crippen molar-refractivity contribution in [3.8, 4) is 0 Å². The summed E-state index contributed by atoms with van der Waals surface area (Å²) in [6.45, 7) is 8.06. The fraction of sp³-hybridized carbons (Fsp3) is 0.500. The van der Waals surface area contributed by atoms with E-state index in [1.54, 1.807) is 0 Å². The first kappa shape index (κ1) is 13.7.